The third-order valence-corrected chi connectivity index (χ3v) is 11.5. The van der Waals surface area contributed by atoms with Gasteiger partial charge in [0.05, 0.1) is 16.8 Å². The van der Waals surface area contributed by atoms with Crippen molar-refractivity contribution < 1.29 is 0 Å². The molecular formula is C43H25NS. The molecule has 208 valence electrons. The average Bonchev–Trinajstić information content (AvgIpc) is 3.81. The van der Waals surface area contributed by atoms with Gasteiger partial charge in [-0.15, -0.1) is 11.3 Å². The molecule has 2 heteroatoms. The van der Waals surface area contributed by atoms with Crippen molar-refractivity contribution in [3.05, 3.63) is 174 Å². The SMILES string of the molecule is c1ccc(N(c2cccc3c2-c2cccc4c2C32c3ccccc3-c3cccc-4c32)c2cccc3sc4ccccc4c23)cc1. The Bertz CT molecular complexity index is 2540. The van der Waals surface area contributed by atoms with E-state index in [9.17, 15) is 0 Å². The second-order valence-electron chi connectivity index (χ2n) is 12.4. The monoisotopic (exact) mass is 587 g/mol. The van der Waals surface area contributed by atoms with Crippen molar-refractivity contribution in [3.63, 3.8) is 0 Å². The van der Waals surface area contributed by atoms with Crippen molar-refractivity contribution in [3.8, 4) is 33.4 Å². The van der Waals surface area contributed by atoms with Gasteiger partial charge in [-0.3, -0.25) is 0 Å². The predicted molar refractivity (Wildman–Crippen MR) is 189 cm³/mol. The van der Waals surface area contributed by atoms with Crippen molar-refractivity contribution in [1.82, 2.24) is 0 Å². The van der Waals surface area contributed by atoms with E-state index >= 15 is 0 Å². The first-order valence-electron chi connectivity index (χ1n) is 15.6. The summed E-state index contributed by atoms with van der Waals surface area (Å²) in [5, 5.41) is 2.62. The smallest absolute Gasteiger partial charge is 0.0738 e. The first kappa shape index (κ1) is 23.9. The quantitative estimate of drug-likeness (QED) is 0.199. The highest BCUT2D eigenvalue weighted by molar-refractivity contribution is 7.26. The van der Waals surface area contributed by atoms with Gasteiger partial charge in [0.1, 0.15) is 0 Å². The van der Waals surface area contributed by atoms with Crippen LogP contribution in [0.25, 0.3) is 53.6 Å². The van der Waals surface area contributed by atoms with Crippen molar-refractivity contribution >= 4 is 48.6 Å². The van der Waals surface area contributed by atoms with Gasteiger partial charge in [0.15, 0.2) is 0 Å². The third kappa shape index (κ3) is 2.76. The van der Waals surface area contributed by atoms with Crippen LogP contribution in [0.1, 0.15) is 22.3 Å². The Morgan fingerprint density at radius 1 is 0.422 bits per heavy atom. The summed E-state index contributed by atoms with van der Waals surface area (Å²) in [7, 11) is 0. The van der Waals surface area contributed by atoms with E-state index < -0.39 is 0 Å². The zero-order valence-corrected chi connectivity index (χ0v) is 25.1. The highest BCUT2D eigenvalue weighted by atomic mass is 32.1. The number of nitrogens with zero attached hydrogens (tertiary/aromatic N) is 1. The molecule has 0 radical (unpaired) electrons. The molecule has 1 heterocycles. The number of para-hydroxylation sites is 1. The molecule has 3 aliphatic carbocycles. The summed E-state index contributed by atoms with van der Waals surface area (Å²) < 4.78 is 2.63. The zero-order chi connectivity index (χ0) is 29.3. The number of anilines is 3. The summed E-state index contributed by atoms with van der Waals surface area (Å²) in [6, 6.07) is 56.6. The van der Waals surface area contributed by atoms with Gasteiger partial charge in [-0.1, -0.05) is 115 Å². The van der Waals surface area contributed by atoms with Crippen LogP contribution in [0, 0.1) is 0 Å². The van der Waals surface area contributed by atoms with E-state index in [4.69, 9.17) is 0 Å². The maximum atomic E-state index is 2.52. The standard InChI is InChI=1S/C43H25NS/c1-2-12-26(13-3-1)44(36-23-11-25-38-40(36)31-15-5-7-24-37(31)45-38)35-22-10-21-34-39(35)32-19-9-18-30-29-17-8-16-28-27-14-4-6-20-33(27)43(34,41(28)29)42(30)32/h1-25H. The first-order chi connectivity index (χ1) is 22.4. The van der Waals surface area contributed by atoms with E-state index in [-0.39, 0.29) is 5.41 Å². The van der Waals surface area contributed by atoms with Crippen LogP contribution in [-0.4, -0.2) is 0 Å². The van der Waals surface area contributed by atoms with E-state index in [0.717, 1.165) is 5.69 Å². The molecule has 1 unspecified atom stereocenters. The van der Waals surface area contributed by atoms with Crippen LogP contribution < -0.4 is 4.90 Å². The summed E-state index contributed by atoms with van der Waals surface area (Å²) in [5.41, 5.74) is 17.2. The maximum Gasteiger partial charge on any atom is 0.0738 e. The van der Waals surface area contributed by atoms with Gasteiger partial charge in [0.2, 0.25) is 0 Å². The minimum atomic E-state index is -0.302. The molecule has 0 amide bonds. The molecule has 8 aromatic rings. The number of rotatable bonds is 3. The van der Waals surface area contributed by atoms with E-state index in [1.165, 1.54) is 87.2 Å². The number of hydrogen-bond donors (Lipinski definition) is 0. The summed E-state index contributed by atoms with van der Waals surface area (Å²) >= 11 is 1.88. The molecule has 0 bridgehead atoms. The van der Waals surface area contributed by atoms with Crippen LogP contribution in [-0.2, 0) is 5.41 Å². The Hall–Kier alpha value is -5.44. The van der Waals surface area contributed by atoms with Crippen molar-refractivity contribution in [1.29, 1.82) is 0 Å². The van der Waals surface area contributed by atoms with Gasteiger partial charge in [-0.25, -0.2) is 0 Å². The zero-order valence-electron chi connectivity index (χ0n) is 24.3. The largest absolute Gasteiger partial charge is 0.309 e. The first-order valence-corrected chi connectivity index (χ1v) is 16.4. The van der Waals surface area contributed by atoms with E-state index in [1.54, 1.807) is 0 Å². The topological polar surface area (TPSA) is 3.24 Å². The van der Waals surface area contributed by atoms with E-state index in [0.29, 0.717) is 0 Å². The lowest BCUT2D eigenvalue weighted by Crippen LogP contribution is -2.23. The molecule has 1 atom stereocenters. The number of benzene rings is 7. The van der Waals surface area contributed by atoms with Gasteiger partial charge in [-0.05, 0) is 86.5 Å². The molecule has 0 N–H and O–H groups in total. The van der Waals surface area contributed by atoms with Gasteiger partial charge in [0, 0.05) is 31.4 Å². The van der Waals surface area contributed by atoms with Crippen LogP contribution in [0.4, 0.5) is 17.1 Å². The summed E-state index contributed by atoms with van der Waals surface area (Å²) in [5.74, 6) is 0. The molecule has 0 aliphatic heterocycles. The lowest BCUT2D eigenvalue weighted by molar-refractivity contribution is 0.818. The molecular weight excluding hydrogens is 563 g/mol. The fourth-order valence-electron chi connectivity index (χ4n) is 8.90. The van der Waals surface area contributed by atoms with Gasteiger partial charge >= 0.3 is 0 Å². The molecule has 0 saturated heterocycles. The van der Waals surface area contributed by atoms with Crippen molar-refractivity contribution in [2.24, 2.45) is 0 Å². The predicted octanol–water partition coefficient (Wildman–Crippen LogP) is 11.8. The fraction of sp³-hybridized carbons (Fsp3) is 0.0233. The highest BCUT2D eigenvalue weighted by Gasteiger charge is 2.57. The van der Waals surface area contributed by atoms with Crippen molar-refractivity contribution in [2.45, 2.75) is 5.41 Å². The third-order valence-electron chi connectivity index (χ3n) is 10.4. The molecule has 45 heavy (non-hydrogen) atoms. The molecule has 0 fully saturated rings. The maximum absolute atomic E-state index is 2.52. The number of fused-ring (bicyclic) bond motifs is 8. The van der Waals surface area contributed by atoms with Gasteiger partial charge in [-0.2, -0.15) is 0 Å². The molecule has 3 aliphatic rings. The van der Waals surface area contributed by atoms with Crippen LogP contribution in [0.5, 0.6) is 0 Å². The Labute approximate surface area is 265 Å². The van der Waals surface area contributed by atoms with E-state index in [1.807, 2.05) is 11.3 Å². The molecule has 1 spiro atoms. The normalized spacial score (nSPS) is 16.1. The Kier molecular flexibility index (Phi) is 4.46. The number of hydrogen-bond acceptors (Lipinski definition) is 2. The number of thiophene rings is 1. The van der Waals surface area contributed by atoms with Crippen LogP contribution in [0.3, 0.4) is 0 Å². The second-order valence-corrected chi connectivity index (χ2v) is 13.5. The molecule has 7 aromatic carbocycles. The van der Waals surface area contributed by atoms with Gasteiger partial charge in [0.25, 0.3) is 0 Å². The minimum Gasteiger partial charge on any atom is -0.309 e. The summed E-state index contributed by atoms with van der Waals surface area (Å²) in [6.45, 7) is 0. The lowest BCUT2D eigenvalue weighted by atomic mass is 9.73. The average molecular weight is 588 g/mol. The summed E-state index contributed by atoms with van der Waals surface area (Å²) in [6.07, 6.45) is 0. The Morgan fingerprint density at radius 3 is 1.87 bits per heavy atom. The van der Waals surface area contributed by atoms with Crippen LogP contribution >= 0.6 is 11.3 Å². The summed E-state index contributed by atoms with van der Waals surface area (Å²) in [4.78, 5) is 2.52. The Balaban J connectivity index is 1.29. The van der Waals surface area contributed by atoms with Gasteiger partial charge < -0.3 is 4.90 Å². The molecule has 1 aromatic heterocycles. The molecule has 0 saturated carbocycles. The van der Waals surface area contributed by atoms with Crippen LogP contribution in [0.15, 0.2) is 152 Å². The second kappa shape index (κ2) is 8.38. The minimum absolute atomic E-state index is 0.302. The highest BCUT2D eigenvalue weighted by Crippen LogP contribution is 2.71. The van der Waals surface area contributed by atoms with E-state index in [2.05, 4.69) is 157 Å². The molecule has 11 rings (SSSR count). The van der Waals surface area contributed by atoms with Crippen molar-refractivity contribution in [2.75, 3.05) is 4.90 Å². The fourth-order valence-corrected chi connectivity index (χ4v) is 10.0. The van der Waals surface area contributed by atoms with Crippen LogP contribution in [0.2, 0.25) is 0 Å². The lowest BCUT2D eigenvalue weighted by Gasteiger charge is -2.31. The Morgan fingerprint density at radius 2 is 1.00 bits per heavy atom. The molecule has 1 nitrogen and oxygen atoms in total.